The average Bonchev–Trinajstić information content (AvgIpc) is 3.34. The molecule has 9 nitrogen and oxygen atoms in total. The topological polar surface area (TPSA) is 114 Å². The van der Waals surface area contributed by atoms with Crippen molar-refractivity contribution in [3.63, 3.8) is 0 Å². The van der Waals surface area contributed by atoms with Crippen LogP contribution in [0.15, 0.2) is 84.8 Å². The first-order valence-electron chi connectivity index (χ1n) is 9.78. The van der Waals surface area contributed by atoms with Crippen LogP contribution in [0.5, 0.6) is 5.75 Å². The molecule has 0 aliphatic carbocycles. The van der Waals surface area contributed by atoms with Gasteiger partial charge in [-0.05, 0) is 48.4 Å². The number of imidazole rings is 1. The number of hydrogen-bond donors (Lipinski definition) is 2. The molecule has 10 heteroatoms. The largest absolute Gasteiger partial charge is 0.493 e. The maximum Gasteiger partial charge on any atom is 0.258 e. The van der Waals surface area contributed by atoms with E-state index >= 15 is 0 Å². The van der Waals surface area contributed by atoms with E-state index in [4.69, 9.17) is 9.94 Å². The van der Waals surface area contributed by atoms with Crippen LogP contribution in [0.25, 0.3) is 5.69 Å². The highest BCUT2D eigenvalue weighted by Gasteiger charge is 2.27. The maximum absolute atomic E-state index is 13.2. The second-order valence-electron chi connectivity index (χ2n) is 6.84. The summed E-state index contributed by atoms with van der Waals surface area (Å²) in [6, 6.07) is 13.1. The second-order valence-corrected chi connectivity index (χ2v) is 8.78. The predicted octanol–water partition coefficient (Wildman–Crippen LogP) is 2.52. The van der Waals surface area contributed by atoms with Crippen LogP contribution in [0, 0.1) is 0 Å². The Bertz CT molecular complexity index is 1130. The molecule has 1 amide bonds. The Kier molecular flexibility index (Phi) is 7.77. The first kappa shape index (κ1) is 23.2. The first-order valence-corrected chi connectivity index (χ1v) is 11.2. The lowest BCUT2D eigenvalue weighted by molar-refractivity contribution is -0.129. The molecule has 0 saturated carbocycles. The van der Waals surface area contributed by atoms with Crippen LogP contribution in [0.3, 0.4) is 0 Å². The van der Waals surface area contributed by atoms with Crippen LogP contribution in [0.2, 0.25) is 0 Å². The van der Waals surface area contributed by atoms with Crippen LogP contribution in [-0.4, -0.2) is 46.5 Å². The highest BCUT2D eigenvalue weighted by molar-refractivity contribution is 7.89. The summed E-state index contributed by atoms with van der Waals surface area (Å²) in [5.74, 6) is -0.312. The van der Waals surface area contributed by atoms with Crippen LogP contribution >= 0.6 is 0 Å². The third kappa shape index (κ3) is 5.82. The Morgan fingerprint density at radius 1 is 1.19 bits per heavy atom. The predicted molar refractivity (Wildman–Crippen MR) is 118 cm³/mol. The lowest BCUT2D eigenvalue weighted by Crippen LogP contribution is -2.39. The molecule has 0 atom stereocenters. The Morgan fingerprint density at radius 3 is 2.50 bits per heavy atom. The molecule has 3 rings (SSSR count). The molecule has 2 aromatic carbocycles. The number of benzene rings is 2. The van der Waals surface area contributed by atoms with Gasteiger partial charge in [-0.25, -0.2) is 18.9 Å². The number of amides is 1. The van der Waals surface area contributed by atoms with Gasteiger partial charge in [0.2, 0.25) is 10.0 Å². The molecular formula is C22H24N4O5S. The van der Waals surface area contributed by atoms with E-state index in [0.717, 1.165) is 9.99 Å². The van der Waals surface area contributed by atoms with Crippen molar-refractivity contribution >= 4 is 15.9 Å². The molecule has 1 heterocycles. The molecule has 2 N–H and O–H groups in total. The van der Waals surface area contributed by atoms with E-state index in [9.17, 15) is 13.2 Å². The quantitative estimate of drug-likeness (QED) is 0.198. The first-order chi connectivity index (χ1) is 15.4. The number of carbonyl (C=O) groups excluding carboxylic acids is 1. The highest BCUT2D eigenvalue weighted by atomic mass is 32.2. The fourth-order valence-electron chi connectivity index (χ4n) is 2.93. The molecule has 0 unspecified atom stereocenters. The van der Waals surface area contributed by atoms with E-state index in [1.165, 1.54) is 17.6 Å². The normalized spacial score (nSPS) is 11.3. The summed E-state index contributed by atoms with van der Waals surface area (Å²) in [6.07, 6.45) is 7.50. The average molecular weight is 457 g/mol. The summed E-state index contributed by atoms with van der Waals surface area (Å²) in [6.45, 7) is 3.46. The molecule has 0 spiro atoms. The summed E-state index contributed by atoms with van der Waals surface area (Å²) in [4.78, 5) is 15.8. The Labute approximate surface area is 186 Å². The summed E-state index contributed by atoms with van der Waals surface area (Å²) in [5, 5.41) is 8.91. The van der Waals surface area contributed by atoms with E-state index in [1.54, 1.807) is 49.1 Å². The Hall–Kier alpha value is -3.47. The van der Waals surface area contributed by atoms with Crippen molar-refractivity contribution in [3.05, 3.63) is 85.5 Å². The third-order valence-electron chi connectivity index (χ3n) is 4.59. The molecule has 0 radical (unpaired) electrons. The van der Waals surface area contributed by atoms with E-state index in [2.05, 4.69) is 11.6 Å². The standard InChI is InChI=1S/C22H24N4O5S/c1-2-3-14-31-20-8-10-21(11-9-20)32(29,30)26(16-22(27)24-28)15-18-4-6-19(7-5-18)25-13-12-23-17-25/h2,4-13,17,28H,1,3,14-16H2,(H,24,27). The number of ether oxygens (including phenoxy) is 1. The minimum Gasteiger partial charge on any atom is -0.493 e. The van der Waals surface area contributed by atoms with E-state index in [-0.39, 0.29) is 11.4 Å². The van der Waals surface area contributed by atoms with Crippen LogP contribution < -0.4 is 10.2 Å². The summed E-state index contributed by atoms with van der Waals surface area (Å²) >= 11 is 0. The third-order valence-corrected chi connectivity index (χ3v) is 6.40. The number of carbonyl (C=O) groups is 1. The minimum absolute atomic E-state index is 0.00865. The monoisotopic (exact) mass is 456 g/mol. The fraction of sp³-hybridized carbons (Fsp3) is 0.182. The van der Waals surface area contributed by atoms with Crippen molar-refractivity contribution in [2.45, 2.75) is 17.9 Å². The van der Waals surface area contributed by atoms with Crippen molar-refractivity contribution in [2.24, 2.45) is 0 Å². The molecule has 1 aromatic heterocycles. The van der Waals surface area contributed by atoms with Gasteiger partial charge in [0.05, 0.1) is 24.4 Å². The molecule has 3 aromatic rings. The number of nitrogens with zero attached hydrogens (tertiary/aromatic N) is 3. The van der Waals surface area contributed by atoms with Gasteiger partial charge in [0.15, 0.2) is 0 Å². The van der Waals surface area contributed by atoms with Crippen molar-refractivity contribution < 1.29 is 23.2 Å². The van der Waals surface area contributed by atoms with Crippen molar-refractivity contribution in [3.8, 4) is 11.4 Å². The number of rotatable bonds is 11. The SMILES string of the molecule is C=CCCOc1ccc(S(=O)(=O)N(CC(=O)NO)Cc2ccc(-n3ccnc3)cc2)cc1. The van der Waals surface area contributed by atoms with E-state index in [0.29, 0.717) is 24.3 Å². The van der Waals surface area contributed by atoms with Gasteiger partial charge in [-0.2, -0.15) is 4.31 Å². The zero-order valence-corrected chi connectivity index (χ0v) is 18.1. The van der Waals surface area contributed by atoms with Gasteiger partial charge in [0.1, 0.15) is 5.75 Å². The Balaban J connectivity index is 1.80. The van der Waals surface area contributed by atoms with Gasteiger partial charge in [0.25, 0.3) is 5.91 Å². The second kappa shape index (κ2) is 10.7. The van der Waals surface area contributed by atoms with E-state index < -0.39 is 22.5 Å². The van der Waals surface area contributed by atoms with Crippen molar-refractivity contribution in [2.75, 3.05) is 13.2 Å². The van der Waals surface area contributed by atoms with Gasteiger partial charge >= 0.3 is 0 Å². The molecule has 0 aliphatic rings. The van der Waals surface area contributed by atoms with Crippen LogP contribution in [0.4, 0.5) is 0 Å². The highest BCUT2D eigenvalue weighted by Crippen LogP contribution is 2.22. The van der Waals surface area contributed by atoms with Crippen molar-refractivity contribution in [1.29, 1.82) is 0 Å². The summed E-state index contributed by atoms with van der Waals surface area (Å²) < 4.78 is 34.7. The number of hydrogen-bond acceptors (Lipinski definition) is 6. The smallest absolute Gasteiger partial charge is 0.258 e. The number of nitrogens with one attached hydrogen (secondary N) is 1. The molecule has 168 valence electrons. The van der Waals surface area contributed by atoms with E-state index in [1.807, 2.05) is 16.7 Å². The zero-order chi connectivity index (χ0) is 23.0. The molecular weight excluding hydrogens is 432 g/mol. The lowest BCUT2D eigenvalue weighted by atomic mass is 10.2. The lowest BCUT2D eigenvalue weighted by Gasteiger charge is -2.21. The number of sulfonamides is 1. The molecule has 0 fully saturated rings. The molecule has 0 bridgehead atoms. The van der Waals surface area contributed by atoms with Gasteiger partial charge in [0, 0.05) is 24.6 Å². The zero-order valence-electron chi connectivity index (χ0n) is 17.3. The van der Waals surface area contributed by atoms with Gasteiger partial charge in [-0.1, -0.05) is 18.2 Å². The number of hydroxylamine groups is 1. The van der Waals surface area contributed by atoms with Gasteiger partial charge in [-0.15, -0.1) is 6.58 Å². The summed E-state index contributed by atoms with van der Waals surface area (Å²) in [5.41, 5.74) is 3.02. The number of aromatic nitrogens is 2. The summed E-state index contributed by atoms with van der Waals surface area (Å²) in [7, 11) is -4.03. The fourth-order valence-corrected chi connectivity index (χ4v) is 4.31. The molecule has 0 aliphatic heterocycles. The minimum atomic E-state index is -4.03. The van der Waals surface area contributed by atoms with Crippen LogP contribution in [0.1, 0.15) is 12.0 Å². The van der Waals surface area contributed by atoms with Gasteiger partial charge < -0.3 is 9.30 Å². The van der Waals surface area contributed by atoms with Gasteiger partial charge in [-0.3, -0.25) is 10.0 Å². The maximum atomic E-state index is 13.2. The van der Waals surface area contributed by atoms with Crippen molar-refractivity contribution in [1.82, 2.24) is 19.3 Å². The molecule has 0 saturated heterocycles. The Morgan fingerprint density at radius 2 is 1.91 bits per heavy atom. The molecule has 32 heavy (non-hydrogen) atoms. The van der Waals surface area contributed by atoms with Crippen LogP contribution in [-0.2, 0) is 21.4 Å².